The van der Waals surface area contributed by atoms with Crippen LogP contribution in [0.15, 0.2) is 28.4 Å². The van der Waals surface area contributed by atoms with Crippen molar-refractivity contribution in [3.8, 4) is 0 Å². The number of rotatable bonds is 0. The highest BCUT2D eigenvalue weighted by Gasteiger charge is 2.42. The Labute approximate surface area is 72.1 Å². The summed E-state index contributed by atoms with van der Waals surface area (Å²) < 4.78 is 0. The van der Waals surface area contributed by atoms with E-state index in [1.165, 1.54) is 30.5 Å². The predicted octanol–water partition coefficient (Wildman–Crippen LogP) is 1.61. The molecule has 2 aliphatic carbocycles. The quantitative estimate of drug-likeness (QED) is 0.572. The molecular formula is C10H12N2. The summed E-state index contributed by atoms with van der Waals surface area (Å²) in [6.45, 7) is 0.746. The van der Waals surface area contributed by atoms with Crippen LogP contribution in [0.25, 0.3) is 0 Å². The van der Waals surface area contributed by atoms with E-state index in [1.54, 1.807) is 0 Å². The highest BCUT2D eigenvalue weighted by atomic mass is 15.0. The lowest BCUT2D eigenvalue weighted by Crippen LogP contribution is -2.22. The van der Waals surface area contributed by atoms with Crippen LogP contribution in [0.1, 0.15) is 19.3 Å². The van der Waals surface area contributed by atoms with Crippen molar-refractivity contribution < 1.29 is 0 Å². The third-order valence-corrected chi connectivity index (χ3v) is 2.99. The summed E-state index contributed by atoms with van der Waals surface area (Å²) in [7, 11) is 0. The highest BCUT2D eigenvalue weighted by molar-refractivity contribution is 5.82. The zero-order chi connectivity index (χ0) is 8.02. The Kier molecular flexibility index (Phi) is 1.08. The lowest BCUT2D eigenvalue weighted by molar-refractivity contribution is 0.628. The van der Waals surface area contributed by atoms with Crippen molar-refractivity contribution in [2.45, 2.75) is 19.3 Å². The van der Waals surface area contributed by atoms with Crippen LogP contribution in [-0.4, -0.2) is 12.9 Å². The smallest absolute Gasteiger partial charge is 0.107 e. The molecule has 1 fully saturated rings. The second kappa shape index (κ2) is 2.00. The van der Waals surface area contributed by atoms with E-state index < -0.39 is 0 Å². The zero-order valence-electron chi connectivity index (χ0n) is 7.01. The number of hydrogen-bond donors (Lipinski definition) is 1. The van der Waals surface area contributed by atoms with E-state index in [1.807, 2.05) is 6.21 Å². The van der Waals surface area contributed by atoms with Crippen molar-refractivity contribution in [1.82, 2.24) is 5.32 Å². The van der Waals surface area contributed by atoms with Gasteiger partial charge in [0, 0.05) is 11.9 Å². The molecule has 3 aliphatic rings. The Morgan fingerprint density at radius 2 is 2.33 bits per heavy atom. The summed E-state index contributed by atoms with van der Waals surface area (Å²) in [6, 6.07) is 0. The summed E-state index contributed by atoms with van der Waals surface area (Å²) in [4.78, 5) is 4.23. The largest absolute Gasteiger partial charge is 0.366 e. The molecule has 1 saturated carbocycles. The normalized spacial score (nSPS) is 28.7. The number of aliphatic imine (C=N–C) groups is 1. The van der Waals surface area contributed by atoms with Gasteiger partial charge in [0.2, 0.25) is 0 Å². The third-order valence-electron chi connectivity index (χ3n) is 2.99. The fraction of sp³-hybridized carbons (Fsp3) is 0.500. The van der Waals surface area contributed by atoms with Crippen LogP contribution in [0.5, 0.6) is 0 Å². The van der Waals surface area contributed by atoms with Gasteiger partial charge in [-0.05, 0) is 36.3 Å². The Morgan fingerprint density at radius 3 is 3.17 bits per heavy atom. The van der Waals surface area contributed by atoms with Crippen LogP contribution in [-0.2, 0) is 0 Å². The van der Waals surface area contributed by atoms with Crippen LogP contribution in [0, 0.1) is 5.41 Å². The molecule has 0 aromatic heterocycles. The van der Waals surface area contributed by atoms with Gasteiger partial charge in [-0.15, -0.1) is 0 Å². The van der Waals surface area contributed by atoms with Gasteiger partial charge in [0.1, 0.15) is 6.67 Å². The summed E-state index contributed by atoms with van der Waals surface area (Å²) in [5.41, 5.74) is 3.24. The molecule has 1 aliphatic heterocycles. The van der Waals surface area contributed by atoms with Gasteiger partial charge in [0.25, 0.3) is 0 Å². The fourth-order valence-corrected chi connectivity index (χ4v) is 1.98. The van der Waals surface area contributed by atoms with Gasteiger partial charge in [-0.25, -0.2) is 0 Å². The van der Waals surface area contributed by atoms with Gasteiger partial charge < -0.3 is 5.32 Å². The van der Waals surface area contributed by atoms with Crippen molar-refractivity contribution >= 4 is 6.21 Å². The number of allylic oxidation sites excluding steroid dienone is 3. The lowest BCUT2D eigenvalue weighted by atomic mass is 9.90. The van der Waals surface area contributed by atoms with Crippen molar-refractivity contribution in [3.05, 3.63) is 23.4 Å². The monoisotopic (exact) mass is 160 g/mol. The van der Waals surface area contributed by atoms with Crippen molar-refractivity contribution in [2.75, 3.05) is 6.67 Å². The SMILES string of the molecule is C1=CC2(CC2)CC2=C1NCN=C2. The molecule has 2 nitrogen and oxygen atoms in total. The average molecular weight is 160 g/mol. The molecule has 0 bridgehead atoms. The summed E-state index contributed by atoms with van der Waals surface area (Å²) >= 11 is 0. The minimum Gasteiger partial charge on any atom is -0.366 e. The van der Waals surface area contributed by atoms with Gasteiger partial charge in [0.05, 0.1) is 0 Å². The van der Waals surface area contributed by atoms with Gasteiger partial charge in [0.15, 0.2) is 0 Å². The Morgan fingerprint density at radius 1 is 1.42 bits per heavy atom. The van der Waals surface area contributed by atoms with E-state index in [0.717, 1.165) is 6.67 Å². The van der Waals surface area contributed by atoms with Crippen molar-refractivity contribution in [1.29, 1.82) is 0 Å². The molecule has 12 heavy (non-hydrogen) atoms. The predicted molar refractivity (Wildman–Crippen MR) is 48.9 cm³/mol. The number of nitrogens with zero attached hydrogens (tertiary/aromatic N) is 1. The molecule has 1 spiro atoms. The van der Waals surface area contributed by atoms with Gasteiger partial charge >= 0.3 is 0 Å². The van der Waals surface area contributed by atoms with Crippen molar-refractivity contribution in [2.24, 2.45) is 10.4 Å². The topological polar surface area (TPSA) is 24.4 Å². The second-order valence-corrected chi connectivity index (χ2v) is 3.96. The van der Waals surface area contributed by atoms with Gasteiger partial charge in [-0.1, -0.05) is 6.08 Å². The average Bonchev–Trinajstić information content (AvgIpc) is 2.85. The molecule has 0 amide bonds. The lowest BCUT2D eigenvalue weighted by Gasteiger charge is -2.22. The molecule has 0 aromatic carbocycles. The molecule has 1 N–H and O–H groups in total. The summed E-state index contributed by atoms with van der Waals surface area (Å²) in [5.74, 6) is 0. The maximum Gasteiger partial charge on any atom is 0.107 e. The van der Waals surface area contributed by atoms with Crippen LogP contribution in [0.2, 0.25) is 0 Å². The van der Waals surface area contributed by atoms with Crippen LogP contribution < -0.4 is 5.32 Å². The second-order valence-electron chi connectivity index (χ2n) is 3.96. The maximum atomic E-state index is 4.23. The van der Waals surface area contributed by atoms with Crippen molar-refractivity contribution in [3.63, 3.8) is 0 Å². The molecule has 0 radical (unpaired) electrons. The highest BCUT2D eigenvalue weighted by Crippen LogP contribution is 2.53. The molecule has 62 valence electrons. The van der Waals surface area contributed by atoms with E-state index in [-0.39, 0.29) is 0 Å². The van der Waals surface area contributed by atoms with E-state index >= 15 is 0 Å². The maximum absolute atomic E-state index is 4.23. The van der Waals surface area contributed by atoms with E-state index in [4.69, 9.17) is 0 Å². The molecule has 1 heterocycles. The molecule has 0 aromatic rings. The molecule has 0 unspecified atom stereocenters. The first-order valence-corrected chi connectivity index (χ1v) is 4.54. The van der Waals surface area contributed by atoms with E-state index in [0.29, 0.717) is 5.41 Å². The Hall–Kier alpha value is -1.05. The Bertz CT molecular complexity index is 306. The first kappa shape index (κ1) is 6.46. The first-order chi connectivity index (χ1) is 5.88. The van der Waals surface area contributed by atoms with Crippen LogP contribution in [0.3, 0.4) is 0 Å². The van der Waals surface area contributed by atoms with Gasteiger partial charge in [-0.2, -0.15) is 0 Å². The Balaban J connectivity index is 1.96. The van der Waals surface area contributed by atoms with E-state index in [9.17, 15) is 0 Å². The number of hydrogen-bond acceptors (Lipinski definition) is 2. The molecule has 2 heteroatoms. The minimum absolute atomic E-state index is 0.546. The summed E-state index contributed by atoms with van der Waals surface area (Å²) in [5, 5.41) is 3.28. The zero-order valence-corrected chi connectivity index (χ0v) is 7.01. The standard InChI is InChI=1S/C10H12N2/c1-2-10(3-4-10)5-8-6-11-7-12-9(1)8/h1-2,6,12H,3-5,7H2. The van der Waals surface area contributed by atoms with Crippen LogP contribution in [0.4, 0.5) is 0 Å². The number of nitrogens with one attached hydrogen (secondary N) is 1. The first-order valence-electron chi connectivity index (χ1n) is 4.54. The third kappa shape index (κ3) is 0.840. The fourth-order valence-electron chi connectivity index (χ4n) is 1.98. The molecule has 3 rings (SSSR count). The van der Waals surface area contributed by atoms with Gasteiger partial charge in [-0.3, -0.25) is 4.99 Å². The summed E-state index contributed by atoms with van der Waals surface area (Å²) in [6.07, 6.45) is 10.6. The van der Waals surface area contributed by atoms with E-state index in [2.05, 4.69) is 22.5 Å². The minimum atomic E-state index is 0.546. The van der Waals surface area contributed by atoms with Crippen LogP contribution >= 0.6 is 0 Å². The molecule has 0 atom stereocenters. The molecule has 0 saturated heterocycles. The molecular weight excluding hydrogens is 148 g/mol.